The van der Waals surface area contributed by atoms with Crippen LogP contribution in [0.2, 0.25) is 0 Å². The van der Waals surface area contributed by atoms with Crippen LogP contribution in [0.4, 0.5) is 17.3 Å². The summed E-state index contributed by atoms with van der Waals surface area (Å²) in [5.74, 6) is 1.46. The van der Waals surface area contributed by atoms with Crippen molar-refractivity contribution in [1.29, 1.82) is 0 Å². The van der Waals surface area contributed by atoms with Crippen LogP contribution < -0.4 is 16.4 Å². The van der Waals surface area contributed by atoms with Crippen molar-refractivity contribution in [2.75, 3.05) is 42.7 Å². The number of nitrogens with two attached hydrogens (primary N) is 1. The number of nitrogens with zero attached hydrogens (tertiary/aromatic N) is 6. The molecule has 1 atom stereocenters. The molecule has 0 saturated heterocycles. The number of hydrogen-bond donors (Lipinski definition) is 3. The molecule has 0 bridgehead atoms. The Bertz CT molecular complexity index is 1220. The summed E-state index contributed by atoms with van der Waals surface area (Å²) in [6.07, 6.45) is 7.45. The molecule has 4 rings (SSSR count). The lowest BCUT2D eigenvalue weighted by Gasteiger charge is -2.16. The third-order valence-corrected chi connectivity index (χ3v) is 6.97. The van der Waals surface area contributed by atoms with E-state index >= 15 is 0 Å². The van der Waals surface area contributed by atoms with Gasteiger partial charge in [0.15, 0.2) is 5.65 Å². The first-order valence-electron chi connectivity index (χ1n) is 11.2. The Balaban J connectivity index is 1.41. The minimum atomic E-state index is -0.775. The molecule has 0 aromatic carbocycles. The van der Waals surface area contributed by atoms with Crippen LogP contribution in [-0.2, 0) is 29.2 Å². The van der Waals surface area contributed by atoms with Gasteiger partial charge >= 0.3 is 0 Å². The van der Waals surface area contributed by atoms with Crippen LogP contribution in [0, 0.1) is 13.5 Å². The molecular weight excluding hydrogens is 438 g/mol. The molecule has 10 nitrogen and oxygen atoms in total. The summed E-state index contributed by atoms with van der Waals surface area (Å²) < 4.78 is 14.9. The molecule has 0 amide bonds. The summed E-state index contributed by atoms with van der Waals surface area (Å²) in [4.78, 5) is 8.27. The third-order valence-electron chi connectivity index (χ3n) is 6.19. The van der Waals surface area contributed by atoms with E-state index in [0.717, 1.165) is 49.3 Å². The molecule has 33 heavy (non-hydrogen) atoms. The van der Waals surface area contributed by atoms with E-state index in [1.807, 2.05) is 19.2 Å². The fourth-order valence-electron chi connectivity index (χ4n) is 4.09. The van der Waals surface area contributed by atoms with E-state index in [-0.39, 0.29) is 11.2 Å². The molecule has 3 aromatic heterocycles. The third kappa shape index (κ3) is 4.72. The van der Waals surface area contributed by atoms with Gasteiger partial charge in [-0.05, 0) is 32.3 Å². The highest BCUT2D eigenvalue weighted by Crippen LogP contribution is 2.42. The van der Waals surface area contributed by atoms with Gasteiger partial charge in [0.2, 0.25) is 0 Å². The highest BCUT2D eigenvalue weighted by atomic mass is 32.2. The van der Waals surface area contributed by atoms with Crippen LogP contribution in [0.3, 0.4) is 0 Å². The second-order valence-corrected chi connectivity index (χ2v) is 10.1. The molecule has 1 fully saturated rings. The zero-order chi connectivity index (χ0) is 23.6. The number of aryl methyl sites for hydroxylation is 2. The molecule has 176 valence electrons. The fourth-order valence-corrected chi connectivity index (χ4v) is 4.53. The van der Waals surface area contributed by atoms with Crippen molar-refractivity contribution in [3.05, 3.63) is 40.6 Å². The summed E-state index contributed by atoms with van der Waals surface area (Å²) in [7, 11) is -0.775. The van der Waals surface area contributed by atoms with Crippen LogP contribution in [0.25, 0.3) is 10.5 Å². The molecule has 1 aliphatic rings. The van der Waals surface area contributed by atoms with Crippen LogP contribution in [-0.4, -0.2) is 60.2 Å². The monoisotopic (exact) mass is 469 g/mol. The van der Waals surface area contributed by atoms with Gasteiger partial charge in [0, 0.05) is 60.6 Å². The maximum atomic E-state index is 11.2. The van der Waals surface area contributed by atoms with Gasteiger partial charge < -0.3 is 16.4 Å². The number of anilines is 2. The van der Waals surface area contributed by atoms with Crippen molar-refractivity contribution in [1.82, 2.24) is 29.7 Å². The predicted octanol–water partition coefficient (Wildman–Crippen LogP) is 2.04. The van der Waals surface area contributed by atoms with Gasteiger partial charge in [-0.2, -0.15) is 10.2 Å². The lowest BCUT2D eigenvalue weighted by atomic mass is 10.2. The van der Waals surface area contributed by atoms with Crippen LogP contribution >= 0.6 is 0 Å². The zero-order valence-corrected chi connectivity index (χ0v) is 20.2. The maximum Gasteiger partial charge on any atom is 0.268 e. The van der Waals surface area contributed by atoms with Gasteiger partial charge in [-0.15, -0.1) is 0 Å². The fraction of sp³-hybridized carbons (Fsp3) is 0.545. The normalized spacial score (nSPS) is 15.5. The van der Waals surface area contributed by atoms with E-state index in [2.05, 4.69) is 37.2 Å². The lowest BCUT2D eigenvalue weighted by molar-refractivity contribution is 0.404. The Kier molecular flexibility index (Phi) is 6.67. The summed E-state index contributed by atoms with van der Waals surface area (Å²) in [5.41, 5.74) is 10.2. The average molecular weight is 470 g/mol. The SMILES string of the molecule is [C-]#[N+]c1c(NCCc2ccn(C3(CNCCS(C)=O)CC3)n2)nc2c(CC)c(C)nn2c1N. The first-order valence-corrected chi connectivity index (χ1v) is 13.0. The first-order chi connectivity index (χ1) is 15.9. The Morgan fingerprint density at radius 3 is 2.79 bits per heavy atom. The van der Waals surface area contributed by atoms with Crippen molar-refractivity contribution < 1.29 is 4.21 Å². The largest absolute Gasteiger partial charge is 0.392 e. The van der Waals surface area contributed by atoms with E-state index in [4.69, 9.17) is 17.4 Å². The molecule has 11 heteroatoms. The molecule has 3 aromatic rings. The predicted molar refractivity (Wildman–Crippen MR) is 131 cm³/mol. The van der Waals surface area contributed by atoms with Crippen LogP contribution in [0.1, 0.15) is 36.7 Å². The molecule has 0 radical (unpaired) electrons. The van der Waals surface area contributed by atoms with Crippen molar-refractivity contribution >= 4 is 33.8 Å². The van der Waals surface area contributed by atoms with E-state index in [1.165, 1.54) is 0 Å². The van der Waals surface area contributed by atoms with Gasteiger partial charge in [-0.3, -0.25) is 8.89 Å². The van der Waals surface area contributed by atoms with E-state index in [9.17, 15) is 4.21 Å². The quantitative estimate of drug-likeness (QED) is 0.290. The van der Waals surface area contributed by atoms with E-state index in [0.29, 0.717) is 36.0 Å². The standard InChI is InChI=1S/C22H31N9OS/c1-5-17-15(2)28-31-19(23)18(24-3)20(27-21(17)31)26-10-6-16-7-12-30(29-16)22(8-9-22)14-25-11-13-33(4)32/h7,12,25H,5-6,8-11,13-14,23H2,1-2,4H3,(H,26,27). The molecule has 4 N–H and O–H groups in total. The Morgan fingerprint density at radius 2 is 2.12 bits per heavy atom. The van der Waals surface area contributed by atoms with E-state index < -0.39 is 10.8 Å². The van der Waals surface area contributed by atoms with Crippen LogP contribution in [0.15, 0.2) is 12.3 Å². The number of nitrogens with one attached hydrogen (secondary N) is 2. The highest BCUT2D eigenvalue weighted by molar-refractivity contribution is 7.84. The summed E-state index contributed by atoms with van der Waals surface area (Å²) >= 11 is 0. The topological polar surface area (TPSA) is 120 Å². The first kappa shape index (κ1) is 23.2. The van der Waals surface area contributed by atoms with Gasteiger partial charge in [-0.25, -0.2) is 14.3 Å². The second-order valence-electron chi connectivity index (χ2n) is 8.57. The number of hydrogen-bond acceptors (Lipinski definition) is 7. The molecule has 0 spiro atoms. The van der Waals surface area contributed by atoms with Gasteiger partial charge in [0.05, 0.1) is 23.5 Å². The molecule has 1 unspecified atom stereocenters. The highest BCUT2D eigenvalue weighted by Gasteiger charge is 2.44. The molecular formula is C22H31N9OS. The number of rotatable bonds is 11. The summed E-state index contributed by atoms with van der Waals surface area (Å²) in [5, 5.41) is 15.9. The van der Waals surface area contributed by atoms with Crippen molar-refractivity contribution in [3.8, 4) is 0 Å². The Morgan fingerprint density at radius 1 is 1.33 bits per heavy atom. The Hall–Kier alpha value is -2.97. The molecule has 3 heterocycles. The van der Waals surface area contributed by atoms with Gasteiger partial charge in [0.25, 0.3) is 5.69 Å². The van der Waals surface area contributed by atoms with Crippen molar-refractivity contribution in [2.24, 2.45) is 0 Å². The summed E-state index contributed by atoms with van der Waals surface area (Å²) in [6, 6.07) is 2.04. The smallest absolute Gasteiger partial charge is 0.268 e. The second kappa shape index (κ2) is 9.49. The van der Waals surface area contributed by atoms with Crippen molar-refractivity contribution in [3.63, 3.8) is 0 Å². The average Bonchev–Trinajstić information content (AvgIpc) is 3.28. The Labute approximate surface area is 196 Å². The maximum absolute atomic E-state index is 11.2. The molecule has 1 aliphatic carbocycles. The minimum Gasteiger partial charge on any atom is -0.392 e. The number of fused-ring (bicyclic) bond motifs is 1. The number of nitrogen functional groups attached to an aromatic ring is 1. The summed E-state index contributed by atoms with van der Waals surface area (Å²) in [6.45, 7) is 13.7. The molecule has 1 saturated carbocycles. The number of aromatic nitrogens is 5. The minimum absolute atomic E-state index is 0.0373. The molecule has 0 aliphatic heterocycles. The van der Waals surface area contributed by atoms with Crippen molar-refractivity contribution in [2.45, 2.75) is 45.1 Å². The van der Waals surface area contributed by atoms with Gasteiger partial charge in [0.1, 0.15) is 11.6 Å². The van der Waals surface area contributed by atoms with Crippen LogP contribution in [0.5, 0.6) is 0 Å². The van der Waals surface area contributed by atoms with E-state index in [1.54, 1.807) is 10.8 Å². The lowest BCUT2D eigenvalue weighted by Crippen LogP contribution is -2.34. The van der Waals surface area contributed by atoms with Gasteiger partial charge in [-0.1, -0.05) is 6.92 Å². The zero-order valence-electron chi connectivity index (χ0n) is 19.4.